The highest BCUT2D eigenvalue weighted by Gasteiger charge is 2.33. The number of aliphatic hydroxyl groups excluding tert-OH is 1. The van der Waals surface area contributed by atoms with Crippen molar-refractivity contribution in [1.82, 2.24) is 0 Å². The number of ketones is 1. The van der Waals surface area contributed by atoms with E-state index >= 15 is 0 Å². The zero-order valence-corrected chi connectivity index (χ0v) is 6.84. The zero-order valence-electron chi connectivity index (χ0n) is 6.84. The van der Waals surface area contributed by atoms with E-state index < -0.39 is 6.10 Å². The van der Waals surface area contributed by atoms with Crippen LogP contribution in [0.3, 0.4) is 0 Å². The van der Waals surface area contributed by atoms with Gasteiger partial charge in [0.1, 0.15) is 6.10 Å². The van der Waals surface area contributed by atoms with Gasteiger partial charge in [0.15, 0.2) is 5.78 Å². The van der Waals surface area contributed by atoms with Gasteiger partial charge in [-0.1, -0.05) is 12.2 Å². The van der Waals surface area contributed by atoms with E-state index in [1.54, 1.807) is 6.92 Å². The van der Waals surface area contributed by atoms with Gasteiger partial charge in [-0.05, 0) is 25.7 Å². The van der Waals surface area contributed by atoms with Crippen LogP contribution in [0, 0.1) is 5.92 Å². The third-order valence-corrected chi connectivity index (χ3v) is 1.87. The van der Waals surface area contributed by atoms with Gasteiger partial charge in [-0.2, -0.15) is 0 Å². The average Bonchev–Trinajstić information content (AvgIpc) is 2.65. The zero-order chi connectivity index (χ0) is 8.43. The number of carbonyl (C=O) groups excluding carboxylic acids is 1. The Hall–Kier alpha value is -0.630. The van der Waals surface area contributed by atoms with Gasteiger partial charge in [-0.25, -0.2) is 0 Å². The molecule has 1 aliphatic rings. The topological polar surface area (TPSA) is 37.3 Å². The van der Waals surface area contributed by atoms with E-state index in [-0.39, 0.29) is 11.7 Å². The van der Waals surface area contributed by atoms with Gasteiger partial charge in [0.2, 0.25) is 0 Å². The Labute approximate surface area is 66.9 Å². The quantitative estimate of drug-likeness (QED) is 0.619. The smallest absolute Gasteiger partial charge is 0.165 e. The first-order chi connectivity index (χ1) is 5.11. The maximum Gasteiger partial charge on any atom is 0.165 e. The Morgan fingerprint density at radius 2 is 2.27 bits per heavy atom. The Morgan fingerprint density at radius 3 is 2.64 bits per heavy atom. The largest absolute Gasteiger partial charge is 0.385 e. The van der Waals surface area contributed by atoms with Gasteiger partial charge >= 0.3 is 0 Å². The molecule has 0 aromatic heterocycles. The molecule has 0 bridgehead atoms. The van der Waals surface area contributed by atoms with Crippen molar-refractivity contribution in [3.05, 3.63) is 12.2 Å². The lowest BCUT2D eigenvalue weighted by Crippen LogP contribution is -2.22. The van der Waals surface area contributed by atoms with Crippen molar-refractivity contribution in [2.45, 2.75) is 32.3 Å². The molecule has 0 aromatic rings. The summed E-state index contributed by atoms with van der Waals surface area (Å²) in [6, 6.07) is 0. The lowest BCUT2D eigenvalue weighted by Gasteiger charge is -2.06. The molecule has 1 fully saturated rings. The second-order valence-corrected chi connectivity index (χ2v) is 3.38. The van der Waals surface area contributed by atoms with Crippen LogP contribution in [0.1, 0.15) is 26.2 Å². The molecule has 11 heavy (non-hydrogen) atoms. The molecule has 1 unspecified atom stereocenters. The first kappa shape index (κ1) is 8.47. The molecule has 1 atom stereocenters. The minimum absolute atomic E-state index is 0.0694. The number of Topliss-reactive ketones (excluding diaryl/α,β-unsaturated/α-hetero) is 1. The van der Waals surface area contributed by atoms with Gasteiger partial charge in [-0.3, -0.25) is 4.79 Å². The van der Waals surface area contributed by atoms with Crippen LogP contribution in [-0.4, -0.2) is 17.0 Å². The van der Waals surface area contributed by atoms with E-state index in [2.05, 4.69) is 6.58 Å². The Kier molecular flexibility index (Phi) is 2.45. The molecule has 0 aliphatic heterocycles. The van der Waals surface area contributed by atoms with Crippen molar-refractivity contribution in [3.63, 3.8) is 0 Å². The molecule has 62 valence electrons. The molecule has 0 spiro atoms. The number of allylic oxidation sites excluding steroid dienone is 1. The van der Waals surface area contributed by atoms with E-state index in [1.165, 1.54) is 0 Å². The molecule has 0 aromatic carbocycles. The number of hydrogen-bond acceptors (Lipinski definition) is 2. The Balaban J connectivity index is 2.33. The molecule has 1 rings (SSSR count). The maximum atomic E-state index is 11.1. The number of carbonyl (C=O) groups is 1. The number of rotatable bonds is 4. The molecule has 0 saturated heterocycles. The monoisotopic (exact) mass is 154 g/mol. The number of hydrogen-bond donors (Lipinski definition) is 1. The van der Waals surface area contributed by atoms with Gasteiger partial charge in [0.25, 0.3) is 0 Å². The van der Waals surface area contributed by atoms with Crippen molar-refractivity contribution in [3.8, 4) is 0 Å². The van der Waals surface area contributed by atoms with Gasteiger partial charge in [0.05, 0.1) is 0 Å². The summed E-state index contributed by atoms with van der Waals surface area (Å²) in [6.45, 7) is 5.43. The molecule has 1 N–H and O–H groups in total. The van der Waals surface area contributed by atoms with Crippen LogP contribution in [-0.2, 0) is 4.79 Å². The van der Waals surface area contributed by atoms with Crippen LogP contribution in [0.5, 0.6) is 0 Å². The van der Waals surface area contributed by atoms with E-state index in [1.807, 2.05) is 0 Å². The molecule has 1 aliphatic carbocycles. The van der Waals surface area contributed by atoms with Crippen LogP contribution in [0.25, 0.3) is 0 Å². The lowest BCUT2D eigenvalue weighted by atomic mass is 10.1. The Bertz CT molecular complexity index is 180. The molecular formula is C9H14O2. The molecule has 0 radical (unpaired) electrons. The van der Waals surface area contributed by atoms with E-state index in [9.17, 15) is 9.90 Å². The third kappa shape index (κ3) is 2.46. The second-order valence-electron chi connectivity index (χ2n) is 3.38. The fourth-order valence-electron chi connectivity index (χ4n) is 1.08. The predicted molar refractivity (Wildman–Crippen MR) is 43.2 cm³/mol. The van der Waals surface area contributed by atoms with Crippen LogP contribution in [0.15, 0.2) is 12.2 Å². The molecule has 0 heterocycles. The fraction of sp³-hybridized carbons (Fsp3) is 0.667. The molecule has 0 amide bonds. The highest BCUT2D eigenvalue weighted by atomic mass is 16.3. The van der Waals surface area contributed by atoms with Crippen LogP contribution < -0.4 is 0 Å². The van der Waals surface area contributed by atoms with E-state index in [0.717, 1.165) is 18.4 Å². The van der Waals surface area contributed by atoms with E-state index in [4.69, 9.17) is 0 Å². The van der Waals surface area contributed by atoms with Crippen LogP contribution in [0.2, 0.25) is 0 Å². The minimum Gasteiger partial charge on any atom is -0.385 e. The van der Waals surface area contributed by atoms with Crippen molar-refractivity contribution in [2.24, 2.45) is 5.92 Å². The van der Waals surface area contributed by atoms with Gasteiger partial charge in [-0.15, -0.1) is 0 Å². The first-order valence-electron chi connectivity index (χ1n) is 3.96. The standard InChI is InChI=1S/C9H14O2/c1-6(2)5-8(10)9(11)7-3-4-7/h7,9,11H,1,3-5H2,2H3. The van der Waals surface area contributed by atoms with Crippen LogP contribution in [0.4, 0.5) is 0 Å². The van der Waals surface area contributed by atoms with Crippen molar-refractivity contribution in [2.75, 3.05) is 0 Å². The Morgan fingerprint density at radius 1 is 1.73 bits per heavy atom. The molecular weight excluding hydrogens is 140 g/mol. The summed E-state index contributed by atoms with van der Waals surface area (Å²) in [5, 5.41) is 9.32. The normalized spacial score (nSPS) is 19.5. The molecule has 1 saturated carbocycles. The average molecular weight is 154 g/mol. The second kappa shape index (κ2) is 3.18. The molecule has 2 heteroatoms. The predicted octanol–water partition coefficient (Wildman–Crippen LogP) is 1.29. The summed E-state index contributed by atoms with van der Waals surface area (Å²) >= 11 is 0. The summed E-state index contributed by atoms with van der Waals surface area (Å²) in [6.07, 6.45) is 1.62. The highest BCUT2D eigenvalue weighted by molar-refractivity contribution is 5.85. The van der Waals surface area contributed by atoms with Crippen molar-refractivity contribution in [1.29, 1.82) is 0 Å². The minimum atomic E-state index is -0.716. The van der Waals surface area contributed by atoms with Crippen LogP contribution >= 0.6 is 0 Å². The van der Waals surface area contributed by atoms with E-state index in [0.29, 0.717) is 6.42 Å². The maximum absolute atomic E-state index is 11.1. The summed E-state index contributed by atoms with van der Waals surface area (Å²) in [4.78, 5) is 11.1. The van der Waals surface area contributed by atoms with Gasteiger partial charge in [0, 0.05) is 6.42 Å². The molecule has 2 nitrogen and oxygen atoms in total. The van der Waals surface area contributed by atoms with Gasteiger partial charge < -0.3 is 5.11 Å². The number of aliphatic hydroxyl groups is 1. The van der Waals surface area contributed by atoms with Crippen molar-refractivity contribution >= 4 is 5.78 Å². The summed E-state index contributed by atoms with van der Waals surface area (Å²) in [5.41, 5.74) is 0.828. The van der Waals surface area contributed by atoms with Crippen molar-refractivity contribution < 1.29 is 9.90 Å². The fourth-order valence-corrected chi connectivity index (χ4v) is 1.08. The lowest BCUT2D eigenvalue weighted by molar-refractivity contribution is -0.127. The SMILES string of the molecule is C=C(C)CC(=O)C(O)C1CC1. The summed E-state index contributed by atoms with van der Waals surface area (Å²) in [5.74, 6) is 0.182. The third-order valence-electron chi connectivity index (χ3n) is 1.87. The first-order valence-corrected chi connectivity index (χ1v) is 3.96. The highest BCUT2D eigenvalue weighted by Crippen LogP contribution is 2.33. The summed E-state index contributed by atoms with van der Waals surface area (Å²) in [7, 11) is 0. The summed E-state index contributed by atoms with van der Waals surface area (Å²) < 4.78 is 0.